The Labute approximate surface area is 124 Å². The molecule has 2 rings (SSSR count). The molecular weight excluding hydrogens is 274 g/mol. The standard InChI is InChI=1S/C16H18ClNO2/c1-11(2)20-14-5-3-4-13(8-14)16(19)9-12-6-7-18-10-15(12)17/h3-8,10-11,16,19H,9H2,1-2H3. The molecule has 0 bridgehead atoms. The highest BCUT2D eigenvalue weighted by atomic mass is 35.5. The van der Waals surface area contributed by atoms with Crippen LogP contribution in [0.4, 0.5) is 0 Å². The third-order valence-corrected chi connectivity index (χ3v) is 3.22. The second-order valence-electron chi connectivity index (χ2n) is 4.93. The number of aliphatic hydroxyl groups excluding tert-OH is 1. The number of halogens is 1. The van der Waals surface area contributed by atoms with Gasteiger partial charge in [-0.15, -0.1) is 0 Å². The van der Waals surface area contributed by atoms with Crippen LogP contribution in [0, 0.1) is 0 Å². The van der Waals surface area contributed by atoms with E-state index in [4.69, 9.17) is 16.3 Å². The summed E-state index contributed by atoms with van der Waals surface area (Å²) in [5, 5.41) is 10.9. The molecular formula is C16H18ClNO2. The Morgan fingerprint density at radius 2 is 2.10 bits per heavy atom. The fourth-order valence-corrected chi connectivity index (χ4v) is 2.16. The maximum Gasteiger partial charge on any atom is 0.120 e. The van der Waals surface area contributed by atoms with Crippen molar-refractivity contribution < 1.29 is 9.84 Å². The molecule has 1 aromatic carbocycles. The number of aliphatic hydroxyl groups is 1. The van der Waals surface area contributed by atoms with Crippen LogP contribution in [0.2, 0.25) is 5.02 Å². The van der Waals surface area contributed by atoms with Crippen LogP contribution in [0.5, 0.6) is 5.75 Å². The lowest BCUT2D eigenvalue weighted by molar-refractivity contribution is 0.177. The predicted molar refractivity (Wildman–Crippen MR) is 80.1 cm³/mol. The second-order valence-corrected chi connectivity index (χ2v) is 5.33. The van der Waals surface area contributed by atoms with Crippen LogP contribution in [0.1, 0.15) is 31.1 Å². The summed E-state index contributed by atoms with van der Waals surface area (Å²) in [6.07, 6.45) is 3.20. The summed E-state index contributed by atoms with van der Waals surface area (Å²) in [5.74, 6) is 0.761. The van der Waals surface area contributed by atoms with Crippen molar-refractivity contribution in [2.45, 2.75) is 32.5 Å². The summed E-state index contributed by atoms with van der Waals surface area (Å²) in [4.78, 5) is 3.94. The average molecular weight is 292 g/mol. The van der Waals surface area contributed by atoms with Gasteiger partial charge in [-0.25, -0.2) is 0 Å². The number of pyridine rings is 1. The van der Waals surface area contributed by atoms with Crippen LogP contribution in [0.15, 0.2) is 42.7 Å². The van der Waals surface area contributed by atoms with Crippen molar-refractivity contribution in [1.29, 1.82) is 0 Å². The third kappa shape index (κ3) is 3.95. The minimum absolute atomic E-state index is 0.108. The molecule has 4 heteroatoms. The molecule has 1 atom stereocenters. The van der Waals surface area contributed by atoms with Crippen LogP contribution in [-0.4, -0.2) is 16.2 Å². The molecule has 0 aliphatic rings. The first kappa shape index (κ1) is 14.8. The zero-order valence-electron chi connectivity index (χ0n) is 11.6. The fourth-order valence-electron chi connectivity index (χ4n) is 1.96. The van der Waals surface area contributed by atoms with Crippen LogP contribution in [-0.2, 0) is 6.42 Å². The molecule has 0 fully saturated rings. The lowest BCUT2D eigenvalue weighted by atomic mass is 10.0. The number of benzene rings is 1. The van der Waals surface area contributed by atoms with E-state index in [1.54, 1.807) is 12.4 Å². The van der Waals surface area contributed by atoms with Gasteiger partial charge in [0.2, 0.25) is 0 Å². The van der Waals surface area contributed by atoms with Crippen molar-refractivity contribution in [1.82, 2.24) is 4.98 Å². The van der Waals surface area contributed by atoms with E-state index in [0.29, 0.717) is 11.4 Å². The summed E-state index contributed by atoms with van der Waals surface area (Å²) in [7, 11) is 0. The Balaban J connectivity index is 2.13. The number of aromatic nitrogens is 1. The summed E-state index contributed by atoms with van der Waals surface area (Å²) < 4.78 is 5.63. The molecule has 1 heterocycles. The van der Waals surface area contributed by atoms with Gasteiger partial charge >= 0.3 is 0 Å². The van der Waals surface area contributed by atoms with Crippen LogP contribution >= 0.6 is 11.6 Å². The van der Waals surface area contributed by atoms with Gasteiger partial charge in [-0.3, -0.25) is 4.98 Å². The fraction of sp³-hybridized carbons (Fsp3) is 0.312. The third-order valence-electron chi connectivity index (χ3n) is 2.88. The summed E-state index contributed by atoms with van der Waals surface area (Å²) in [6.45, 7) is 3.94. The van der Waals surface area contributed by atoms with Gasteiger partial charge in [0.1, 0.15) is 5.75 Å². The molecule has 0 amide bonds. The zero-order valence-corrected chi connectivity index (χ0v) is 12.3. The average Bonchev–Trinajstić information content (AvgIpc) is 2.41. The topological polar surface area (TPSA) is 42.4 Å². The van der Waals surface area contributed by atoms with Crippen LogP contribution < -0.4 is 4.74 Å². The molecule has 2 aromatic rings. The summed E-state index contributed by atoms with van der Waals surface area (Å²) in [5.41, 5.74) is 1.69. The molecule has 20 heavy (non-hydrogen) atoms. The number of rotatable bonds is 5. The number of ether oxygens (including phenoxy) is 1. The maximum absolute atomic E-state index is 10.3. The monoisotopic (exact) mass is 291 g/mol. The summed E-state index contributed by atoms with van der Waals surface area (Å²) in [6, 6.07) is 9.33. The van der Waals surface area contributed by atoms with Gasteiger partial charge in [0, 0.05) is 18.8 Å². The SMILES string of the molecule is CC(C)Oc1cccc(C(O)Cc2ccncc2Cl)c1. The van der Waals surface area contributed by atoms with Gasteiger partial charge < -0.3 is 9.84 Å². The molecule has 0 saturated heterocycles. The largest absolute Gasteiger partial charge is 0.491 e. The minimum atomic E-state index is -0.620. The van der Waals surface area contributed by atoms with E-state index in [2.05, 4.69) is 4.98 Å². The van der Waals surface area contributed by atoms with Crippen molar-refractivity contribution in [2.75, 3.05) is 0 Å². The highest BCUT2D eigenvalue weighted by Crippen LogP contribution is 2.25. The van der Waals surface area contributed by atoms with E-state index >= 15 is 0 Å². The smallest absolute Gasteiger partial charge is 0.120 e. The molecule has 0 radical (unpaired) electrons. The van der Waals surface area contributed by atoms with Crippen molar-refractivity contribution in [3.63, 3.8) is 0 Å². The van der Waals surface area contributed by atoms with Gasteiger partial charge in [-0.05, 0) is 43.2 Å². The molecule has 0 saturated carbocycles. The van der Waals surface area contributed by atoms with Gasteiger partial charge in [-0.2, -0.15) is 0 Å². The predicted octanol–water partition coefficient (Wildman–Crippen LogP) is 3.80. The Kier molecular flexibility index (Phi) is 4.99. The molecule has 0 spiro atoms. The quantitative estimate of drug-likeness (QED) is 0.911. The van der Waals surface area contributed by atoms with Crippen LogP contribution in [0.3, 0.4) is 0 Å². The molecule has 0 aliphatic carbocycles. The zero-order chi connectivity index (χ0) is 14.5. The summed E-state index contributed by atoms with van der Waals surface area (Å²) >= 11 is 6.06. The van der Waals surface area contributed by atoms with Gasteiger partial charge in [0.15, 0.2) is 0 Å². The van der Waals surface area contributed by atoms with Crippen molar-refractivity contribution in [2.24, 2.45) is 0 Å². The Morgan fingerprint density at radius 1 is 1.30 bits per heavy atom. The van der Waals surface area contributed by atoms with Gasteiger partial charge in [0.05, 0.1) is 17.2 Å². The molecule has 1 N–H and O–H groups in total. The first-order valence-electron chi connectivity index (χ1n) is 6.59. The molecule has 106 valence electrons. The molecule has 3 nitrogen and oxygen atoms in total. The van der Waals surface area contributed by atoms with Crippen molar-refractivity contribution in [3.8, 4) is 5.75 Å². The van der Waals surface area contributed by atoms with E-state index in [1.807, 2.05) is 44.2 Å². The number of nitrogens with zero attached hydrogens (tertiary/aromatic N) is 1. The minimum Gasteiger partial charge on any atom is -0.491 e. The van der Waals surface area contributed by atoms with Crippen molar-refractivity contribution in [3.05, 3.63) is 58.9 Å². The van der Waals surface area contributed by atoms with Crippen molar-refractivity contribution >= 4 is 11.6 Å². The first-order chi connectivity index (χ1) is 9.56. The van der Waals surface area contributed by atoms with E-state index in [0.717, 1.165) is 16.9 Å². The van der Waals surface area contributed by atoms with Gasteiger partial charge in [-0.1, -0.05) is 23.7 Å². The number of hydrogen-bond donors (Lipinski definition) is 1. The lowest BCUT2D eigenvalue weighted by Gasteiger charge is -2.15. The second kappa shape index (κ2) is 6.73. The van der Waals surface area contributed by atoms with E-state index in [9.17, 15) is 5.11 Å². The first-order valence-corrected chi connectivity index (χ1v) is 6.97. The Bertz CT molecular complexity index is 572. The maximum atomic E-state index is 10.3. The number of hydrogen-bond acceptors (Lipinski definition) is 3. The molecule has 1 unspecified atom stereocenters. The Morgan fingerprint density at radius 3 is 2.80 bits per heavy atom. The normalized spacial score (nSPS) is 12.4. The van der Waals surface area contributed by atoms with E-state index in [-0.39, 0.29) is 6.10 Å². The lowest BCUT2D eigenvalue weighted by Crippen LogP contribution is -2.07. The Hall–Kier alpha value is -1.58. The highest BCUT2D eigenvalue weighted by Gasteiger charge is 2.12. The molecule has 0 aliphatic heterocycles. The van der Waals surface area contributed by atoms with E-state index in [1.165, 1.54) is 0 Å². The van der Waals surface area contributed by atoms with Gasteiger partial charge in [0.25, 0.3) is 0 Å². The molecule has 1 aromatic heterocycles. The highest BCUT2D eigenvalue weighted by molar-refractivity contribution is 6.31. The van der Waals surface area contributed by atoms with E-state index < -0.39 is 6.10 Å². The van der Waals surface area contributed by atoms with Crippen LogP contribution in [0.25, 0.3) is 0 Å².